The molecule has 30 heavy (non-hydrogen) atoms. The molecule has 2 heterocycles. The number of carbonyl (C=O) groups excluding carboxylic acids is 1. The molecule has 0 aliphatic rings. The van der Waals surface area contributed by atoms with E-state index in [1.807, 2.05) is 42.6 Å². The van der Waals surface area contributed by atoms with Crippen molar-refractivity contribution in [2.45, 2.75) is 26.2 Å². The highest BCUT2D eigenvalue weighted by molar-refractivity contribution is 5.92. The summed E-state index contributed by atoms with van der Waals surface area (Å²) in [5.41, 5.74) is 4.75. The number of carbonyl (C=O) groups is 1. The fraction of sp³-hybridized carbons (Fsp3) is 0.208. The number of para-hydroxylation sites is 2. The summed E-state index contributed by atoms with van der Waals surface area (Å²) in [7, 11) is 0. The van der Waals surface area contributed by atoms with Crippen LogP contribution in [-0.2, 0) is 6.42 Å². The lowest BCUT2D eigenvalue weighted by Gasteiger charge is -2.13. The number of nitrogens with zero attached hydrogens (tertiary/aromatic N) is 2. The van der Waals surface area contributed by atoms with E-state index in [1.54, 1.807) is 12.3 Å². The van der Waals surface area contributed by atoms with E-state index in [-0.39, 0.29) is 5.91 Å². The number of amides is 1. The molecule has 2 aromatic heterocycles. The van der Waals surface area contributed by atoms with Crippen molar-refractivity contribution in [3.05, 3.63) is 83.8 Å². The first-order valence-corrected chi connectivity index (χ1v) is 10.1. The van der Waals surface area contributed by atoms with Gasteiger partial charge in [-0.05, 0) is 41.7 Å². The van der Waals surface area contributed by atoms with Gasteiger partial charge in [0.2, 0.25) is 5.95 Å². The maximum absolute atomic E-state index is 12.6. The Morgan fingerprint density at radius 3 is 2.73 bits per heavy atom. The molecule has 0 bridgehead atoms. The number of fused-ring (bicyclic) bond motifs is 1. The highest BCUT2D eigenvalue weighted by Crippen LogP contribution is 2.25. The predicted octanol–water partition coefficient (Wildman–Crippen LogP) is 4.80. The summed E-state index contributed by atoms with van der Waals surface area (Å²) in [5.74, 6) is 0.564. The standard InChI is InChI=1S/C24H25N5O/c1-16(2)18-7-3-6-10-21(18)28-24-26-14-12-22(29-24)23(30)25-13-11-17-15-27-20-9-5-4-8-19(17)20/h3-10,12,14-16,27H,11,13H2,1-2H3,(H,25,30)(H,26,28,29). The van der Waals surface area contributed by atoms with Crippen LogP contribution in [0.3, 0.4) is 0 Å². The molecule has 0 unspecified atom stereocenters. The van der Waals surface area contributed by atoms with Crippen LogP contribution < -0.4 is 10.6 Å². The van der Waals surface area contributed by atoms with Crippen molar-refractivity contribution in [2.24, 2.45) is 0 Å². The Morgan fingerprint density at radius 1 is 1.07 bits per heavy atom. The Balaban J connectivity index is 1.40. The molecule has 0 saturated heterocycles. The van der Waals surface area contributed by atoms with Crippen LogP contribution in [0.4, 0.5) is 11.6 Å². The van der Waals surface area contributed by atoms with E-state index < -0.39 is 0 Å². The summed E-state index contributed by atoms with van der Waals surface area (Å²) >= 11 is 0. The van der Waals surface area contributed by atoms with Crippen LogP contribution in [0.25, 0.3) is 10.9 Å². The second-order valence-electron chi connectivity index (χ2n) is 7.50. The van der Waals surface area contributed by atoms with E-state index in [2.05, 4.69) is 51.6 Å². The summed E-state index contributed by atoms with van der Waals surface area (Å²) in [6.45, 7) is 4.81. The van der Waals surface area contributed by atoms with Gasteiger partial charge in [-0.1, -0.05) is 50.2 Å². The lowest BCUT2D eigenvalue weighted by Crippen LogP contribution is -2.26. The third kappa shape index (κ3) is 4.33. The highest BCUT2D eigenvalue weighted by Gasteiger charge is 2.11. The molecule has 6 heteroatoms. The smallest absolute Gasteiger partial charge is 0.270 e. The van der Waals surface area contributed by atoms with Gasteiger partial charge in [0.1, 0.15) is 5.69 Å². The molecule has 0 aliphatic carbocycles. The third-order valence-electron chi connectivity index (χ3n) is 5.07. The van der Waals surface area contributed by atoms with E-state index in [1.165, 1.54) is 16.5 Å². The van der Waals surface area contributed by atoms with Gasteiger partial charge in [-0.15, -0.1) is 0 Å². The molecular weight excluding hydrogens is 374 g/mol. The highest BCUT2D eigenvalue weighted by atomic mass is 16.1. The Bertz CT molecular complexity index is 1160. The molecule has 1 amide bonds. The van der Waals surface area contributed by atoms with Crippen molar-refractivity contribution in [3.63, 3.8) is 0 Å². The molecular formula is C24H25N5O. The SMILES string of the molecule is CC(C)c1ccccc1Nc1nccc(C(=O)NCCc2c[nH]c3ccccc23)n1. The molecule has 4 rings (SSSR count). The molecule has 0 atom stereocenters. The Morgan fingerprint density at radius 2 is 1.87 bits per heavy atom. The fourth-order valence-electron chi connectivity index (χ4n) is 3.52. The first kappa shape index (κ1) is 19.6. The van der Waals surface area contributed by atoms with E-state index in [9.17, 15) is 4.79 Å². The zero-order chi connectivity index (χ0) is 20.9. The predicted molar refractivity (Wildman–Crippen MR) is 120 cm³/mol. The van der Waals surface area contributed by atoms with Crippen molar-refractivity contribution >= 4 is 28.4 Å². The normalized spacial score (nSPS) is 11.0. The molecule has 0 saturated carbocycles. The van der Waals surface area contributed by atoms with Crippen LogP contribution in [0, 0.1) is 0 Å². The number of nitrogens with one attached hydrogen (secondary N) is 3. The van der Waals surface area contributed by atoms with Gasteiger partial charge in [0, 0.05) is 35.5 Å². The quantitative estimate of drug-likeness (QED) is 0.417. The van der Waals surface area contributed by atoms with E-state index in [4.69, 9.17) is 0 Å². The van der Waals surface area contributed by atoms with Crippen LogP contribution in [-0.4, -0.2) is 27.4 Å². The number of anilines is 2. The molecule has 152 valence electrons. The van der Waals surface area contributed by atoms with Crippen LogP contribution in [0.15, 0.2) is 67.0 Å². The molecule has 4 aromatic rings. The molecule has 0 fully saturated rings. The summed E-state index contributed by atoms with van der Waals surface area (Å²) < 4.78 is 0. The van der Waals surface area contributed by atoms with Crippen molar-refractivity contribution in [1.82, 2.24) is 20.3 Å². The number of aromatic amines is 1. The zero-order valence-electron chi connectivity index (χ0n) is 17.1. The molecule has 0 radical (unpaired) electrons. The Hall–Kier alpha value is -3.67. The van der Waals surface area contributed by atoms with E-state index in [0.717, 1.165) is 17.6 Å². The number of hydrogen-bond acceptors (Lipinski definition) is 4. The van der Waals surface area contributed by atoms with Crippen LogP contribution >= 0.6 is 0 Å². The summed E-state index contributed by atoms with van der Waals surface area (Å²) in [5, 5.41) is 7.38. The van der Waals surface area contributed by atoms with Gasteiger partial charge in [-0.3, -0.25) is 4.79 Å². The summed E-state index contributed by atoms with van der Waals surface area (Å²) in [6.07, 6.45) is 4.34. The van der Waals surface area contributed by atoms with E-state index in [0.29, 0.717) is 24.1 Å². The van der Waals surface area contributed by atoms with Crippen molar-refractivity contribution in [1.29, 1.82) is 0 Å². The van der Waals surface area contributed by atoms with Crippen LogP contribution in [0.2, 0.25) is 0 Å². The van der Waals surface area contributed by atoms with Crippen molar-refractivity contribution in [2.75, 3.05) is 11.9 Å². The van der Waals surface area contributed by atoms with Gasteiger partial charge in [-0.25, -0.2) is 9.97 Å². The minimum atomic E-state index is -0.211. The lowest BCUT2D eigenvalue weighted by atomic mass is 10.0. The van der Waals surface area contributed by atoms with E-state index >= 15 is 0 Å². The van der Waals surface area contributed by atoms with Gasteiger partial charge in [0.05, 0.1) is 0 Å². The first-order chi connectivity index (χ1) is 14.6. The number of rotatable bonds is 7. The minimum absolute atomic E-state index is 0.211. The number of benzene rings is 2. The second-order valence-corrected chi connectivity index (χ2v) is 7.50. The first-order valence-electron chi connectivity index (χ1n) is 10.1. The maximum atomic E-state index is 12.6. The summed E-state index contributed by atoms with van der Waals surface area (Å²) in [6, 6.07) is 17.8. The Labute approximate surface area is 175 Å². The van der Waals surface area contributed by atoms with Crippen molar-refractivity contribution in [3.8, 4) is 0 Å². The number of aromatic nitrogens is 3. The maximum Gasteiger partial charge on any atom is 0.270 e. The molecule has 0 spiro atoms. The summed E-state index contributed by atoms with van der Waals surface area (Å²) in [4.78, 5) is 24.5. The van der Waals surface area contributed by atoms with Crippen LogP contribution in [0.1, 0.15) is 41.4 Å². The van der Waals surface area contributed by atoms with Crippen LogP contribution in [0.5, 0.6) is 0 Å². The third-order valence-corrected chi connectivity index (χ3v) is 5.07. The number of hydrogen-bond donors (Lipinski definition) is 3. The van der Waals surface area contributed by atoms with Gasteiger partial charge >= 0.3 is 0 Å². The van der Waals surface area contributed by atoms with Crippen molar-refractivity contribution < 1.29 is 4.79 Å². The fourth-order valence-corrected chi connectivity index (χ4v) is 3.52. The molecule has 6 nitrogen and oxygen atoms in total. The van der Waals surface area contributed by atoms with Gasteiger partial charge < -0.3 is 15.6 Å². The van der Waals surface area contributed by atoms with Gasteiger partial charge in [0.15, 0.2) is 0 Å². The topological polar surface area (TPSA) is 82.7 Å². The Kier molecular flexibility index (Phi) is 5.75. The lowest BCUT2D eigenvalue weighted by molar-refractivity contribution is 0.0949. The minimum Gasteiger partial charge on any atom is -0.361 e. The monoisotopic (exact) mass is 399 g/mol. The zero-order valence-corrected chi connectivity index (χ0v) is 17.1. The second kappa shape index (κ2) is 8.78. The largest absolute Gasteiger partial charge is 0.361 e. The van der Waals surface area contributed by atoms with Gasteiger partial charge in [-0.2, -0.15) is 0 Å². The molecule has 2 aromatic carbocycles. The average molecular weight is 399 g/mol. The van der Waals surface area contributed by atoms with Gasteiger partial charge in [0.25, 0.3) is 5.91 Å². The number of H-pyrrole nitrogens is 1. The molecule has 0 aliphatic heterocycles. The molecule has 3 N–H and O–H groups in total. The average Bonchev–Trinajstić information content (AvgIpc) is 3.17.